The second kappa shape index (κ2) is 3.14. The molecule has 0 radical (unpaired) electrons. The van der Waals surface area contributed by atoms with Crippen molar-refractivity contribution in [3.05, 3.63) is 11.7 Å². The first-order chi connectivity index (χ1) is 6.29. The molecule has 1 aromatic heterocycles. The van der Waals surface area contributed by atoms with Crippen LogP contribution in [0.15, 0.2) is 4.52 Å². The van der Waals surface area contributed by atoms with Crippen molar-refractivity contribution in [2.24, 2.45) is 5.73 Å². The smallest absolute Gasteiger partial charge is 0.315 e. The largest absolute Gasteiger partial charge is 0.345 e. The number of rotatable bonds is 3. The summed E-state index contributed by atoms with van der Waals surface area (Å²) in [6.45, 7) is 0.181. The minimum Gasteiger partial charge on any atom is -0.345 e. The maximum Gasteiger partial charge on any atom is 0.315 e. The summed E-state index contributed by atoms with van der Waals surface area (Å²) in [5.41, 5.74) is 5.26. The number of hydrogen-bond donors (Lipinski definition) is 2. The Hall–Kier alpha value is -1.43. The van der Waals surface area contributed by atoms with Gasteiger partial charge in [-0.3, -0.25) is 4.79 Å². The molecule has 0 unspecified atom stereocenters. The van der Waals surface area contributed by atoms with Gasteiger partial charge in [0, 0.05) is 6.04 Å². The van der Waals surface area contributed by atoms with E-state index in [0.717, 1.165) is 12.8 Å². The van der Waals surface area contributed by atoms with Gasteiger partial charge in [-0.05, 0) is 12.8 Å². The maximum absolute atomic E-state index is 11.3. The number of carbonyl (C=O) groups excluding carboxylic acids is 1. The molecule has 1 saturated carbocycles. The fourth-order valence-electron chi connectivity index (χ4n) is 0.904. The highest BCUT2D eigenvalue weighted by atomic mass is 16.5. The summed E-state index contributed by atoms with van der Waals surface area (Å²) >= 11 is 0. The molecule has 0 bridgehead atoms. The normalized spacial score (nSPS) is 15.8. The predicted octanol–water partition coefficient (Wildman–Crippen LogP) is -0.580. The van der Waals surface area contributed by atoms with E-state index in [2.05, 4.69) is 15.5 Å². The molecule has 1 amide bonds. The minimum absolute atomic E-state index is 0.00708. The first-order valence-electron chi connectivity index (χ1n) is 4.13. The lowest BCUT2D eigenvalue weighted by Crippen LogP contribution is -2.25. The average molecular weight is 182 g/mol. The number of hydrogen-bond acceptors (Lipinski definition) is 5. The molecule has 2 rings (SSSR count). The Morgan fingerprint density at radius 1 is 1.69 bits per heavy atom. The van der Waals surface area contributed by atoms with Crippen LogP contribution < -0.4 is 11.1 Å². The van der Waals surface area contributed by atoms with Gasteiger partial charge in [-0.2, -0.15) is 4.98 Å². The second-order valence-corrected chi connectivity index (χ2v) is 2.97. The molecule has 1 heterocycles. The summed E-state index contributed by atoms with van der Waals surface area (Å²) in [5.74, 6) is 0.0306. The summed E-state index contributed by atoms with van der Waals surface area (Å²) in [5, 5.41) is 6.24. The zero-order valence-corrected chi connectivity index (χ0v) is 6.99. The van der Waals surface area contributed by atoms with Crippen LogP contribution in [0.3, 0.4) is 0 Å². The van der Waals surface area contributed by atoms with Gasteiger partial charge in [-0.25, -0.2) is 0 Å². The average Bonchev–Trinajstić information content (AvgIpc) is 2.82. The van der Waals surface area contributed by atoms with Gasteiger partial charge < -0.3 is 15.6 Å². The van der Waals surface area contributed by atoms with Crippen LogP contribution in [0, 0.1) is 0 Å². The van der Waals surface area contributed by atoms with E-state index in [0.29, 0.717) is 11.9 Å². The van der Waals surface area contributed by atoms with Crippen LogP contribution in [0.25, 0.3) is 0 Å². The van der Waals surface area contributed by atoms with E-state index in [4.69, 9.17) is 10.3 Å². The number of aromatic nitrogens is 2. The Kier molecular flexibility index (Phi) is 1.97. The van der Waals surface area contributed by atoms with Crippen molar-refractivity contribution in [1.82, 2.24) is 15.5 Å². The highest BCUT2D eigenvalue weighted by Crippen LogP contribution is 2.18. The third-order valence-electron chi connectivity index (χ3n) is 1.76. The lowest BCUT2D eigenvalue weighted by Gasteiger charge is -1.95. The van der Waals surface area contributed by atoms with Gasteiger partial charge in [0.05, 0.1) is 6.54 Å². The van der Waals surface area contributed by atoms with Gasteiger partial charge in [0.1, 0.15) is 0 Å². The Labute approximate surface area is 74.5 Å². The standard InChI is InChI=1S/C7H10N4O2/c8-3-5-10-7(13-11-5)6(12)9-4-1-2-4/h4H,1-3,8H2,(H,9,12). The molecule has 6 nitrogen and oxygen atoms in total. The molecule has 0 aromatic carbocycles. The molecule has 1 aromatic rings. The number of nitrogens with zero attached hydrogens (tertiary/aromatic N) is 2. The summed E-state index contributed by atoms with van der Waals surface area (Å²) < 4.78 is 4.69. The van der Waals surface area contributed by atoms with Gasteiger partial charge in [0.15, 0.2) is 5.82 Å². The molecule has 13 heavy (non-hydrogen) atoms. The molecule has 0 saturated heterocycles. The van der Waals surface area contributed by atoms with Crippen LogP contribution in [0.2, 0.25) is 0 Å². The zero-order valence-electron chi connectivity index (χ0n) is 6.99. The van der Waals surface area contributed by atoms with Crippen molar-refractivity contribution in [1.29, 1.82) is 0 Å². The lowest BCUT2D eigenvalue weighted by atomic mass is 10.5. The Bertz CT molecular complexity index is 318. The fraction of sp³-hybridized carbons (Fsp3) is 0.571. The van der Waals surface area contributed by atoms with Gasteiger partial charge >= 0.3 is 11.8 Å². The van der Waals surface area contributed by atoms with E-state index in [1.54, 1.807) is 0 Å². The van der Waals surface area contributed by atoms with Crippen LogP contribution in [0.5, 0.6) is 0 Å². The molecule has 1 aliphatic rings. The summed E-state index contributed by atoms with van der Waals surface area (Å²) in [7, 11) is 0. The van der Waals surface area contributed by atoms with Gasteiger partial charge in [-0.1, -0.05) is 5.16 Å². The van der Waals surface area contributed by atoms with E-state index in [9.17, 15) is 4.79 Å². The number of amides is 1. The third kappa shape index (κ3) is 1.83. The van der Waals surface area contributed by atoms with Crippen molar-refractivity contribution >= 4 is 5.91 Å². The van der Waals surface area contributed by atoms with E-state index >= 15 is 0 Å². The van der Waals surface area contributed by atoms with Gasteiger partial charge in [0.25, 0.3) is 0 Å². The van der Waals surface area contributed by atoms with Crippen molar-refractivity contribution in [2.75, 3.05) is 0 Å². The Morgan fingerprint density at radius 2 is 2.46 bits per heavy atom. The SMILES string of the molecule is NCc1noc(C(=O)NC2CC2)n1. The molecule has 70 valence electrons. The first kappa shape index (κ1) is 8.18. The van der Waals surface area contributed by atoms with Crippen LogP contribution in [-0.4, -0.2) is 22.1 Å². The fourth-order valence-corrected chi connectivity index (χ4v) is 0.904. The van der Waals surface area contributed by atoms with Gasteiger partial charge in [-0.15, -0.1) is 0 Å². The van der Waals surface area contributed by atoms with E-state index in [1.807, 2.05) is 0 Å². The van der Waals surface area contributed by atoms with Crippen LogP contribution in [-0.2, 0) is 6.54 Å². The van der Waals surface area contributed by atoms with Crippen LogP contribution >= 0.6 is 0 Å². The molecule has 1 aliphatic carbocycles. The van der Waals surface area contributed by atoms with Crippen LogP contribution in [0.1, 0.15) is 29.4 Å². The number of nitrogens with one attached hydrogen (secondary N) is 1. The predicted molar refractivity (Wildman–Crippen MR) is 42.7 cm³/mol. The van der Waals surface area contributed by atoms with Crippen molar-refractivity contribution in [2.45, 2.75) is 25.4 Å². The lowest BCUT2D eigenvalue weighted by molar-refractivity contribution is 0.0907. The maximum atomic E-state index is 11.3. The highest BCUT2D eigenvalue weighted by molar-refractivity contribution is 5.89. The first-order valence-corrected chi connectivity index (χ1v) is 4.13. The van der Waals surface area contributed by atoms with Crippen molar-refractivity contribution < 1.29 is 9.32 Å². The molecular formula is C7H10N4O2. The molecule has 3 N–H and O–H groups in total. The second-order valence-electron chi connectivity index (χ2n) is 2.97. The van der Waals surface area contributed by atoms with E-state index < -0.39 is 0 Å². The quantitative estimate of drug-likeness (QED) is 0.652. The minimum atomic E-state index is -0.310. The van der Waals surface area contributed by atoms with Crippen LogP contribution in [0.4, 0.5) is 0 Å². The third-order valence-corrected chi connectivity index (χ3v) is 1.76. The molecule has 1 fully saturated rings. The summed E-state index contributed by atoms with van der Waals surface area (Å²) in [4.78, 5) is 15.1. The molecule has 0 spiro atoms. The molecular weight excluding hydrogens is 172 g/mol. The topological polar surface area (TPSA) is 94.0 Å². The van der Waals surface area contributed by atoms with E-state index in [-0.39, 0.29) is 18.3 Å². The highest BCUT2D eigenvalue weighted by Gasteiger charge is 2.26. The van der Waals surface area contributed by atoms with Gasteiger partial charge in [0.2, 0.25) is 0 Å². The molecule has 6 heteroatoms. The monoisotopic (exact) mass is 182 g/mol. The Morgan fingerprint density at radius 3 is 3.00 bits per heavy atom. The summed E-state index contributed by atoms with van der Waals surface area (Å²) in [6, 6.07) is 0.292. The Balaban J connectivity index is 2.01. The summed E-state index contributed by atoms with van der Waals surface area (Å²) in [6.07, 6.45) is 2.06. The number of nitrogens with two attached hydrogens (primary N) is 1. The molecule has 0 aliphatic heterocycles. The number of carbonyl (C=O) groups is 1. The van der Waals surface area contributed by atoms with Crippen molar-refractivity contribution in [3.8, 4) is 0 Å². The van der Waals surface area contributed by atoms with E-state index in [1.165, 1.54) is 0 Å². The van der Waals surface area contributed by atoms with Crippen molar-refractivity contribution in [3.63, 3.8) is 0 Å². The molecule has 0 atom stereocenters. The zero-order chi connectivity index (χ0) is 9.26.